The third kappa shape index (κ3) is 4.08. The van der Waals surface area contributed by atoms with E-state index in [1.165, 1.54) is 13.1 Å². The van der Waals surface area contributed by atoms with Crippen LogP contribution < -0.4 is 16.6 Å². The van der Waals surface area contributed by atoms with Gasteiger partial charge >= 0.3 is 11.7 Å². The summed E-state index contributed by atoms with van der Waals surface area (Å²) >= 11 is 0. The number of aromatic nitrogens is 2. The molecule has 26 heavy (non-hydrogen) atoms. The first-order chi connectivity index (χ1) is 12.2. The molecule has 1 amide bonds. The van der Waals surface area contributed by atoms with Gasteiger partial charge in [0.2, 0.25) is 5.91 Å². The van der Waals surface area contributed by atoms with Gasteiger partial charge in [0.1, 0.15) is 6.54 Å². The Morgan fingerprint density at radius 1 is 1.15 bits per heavy atom. The molecule has 0 saturated carbocycles. The van der Waals surface area contributed by atoms with Crippen LogP contribution >= 0.6 is 0 Å². The summed E-state index contributed by atoms with van der Waals surface area (Å²) < 4.78 is 1.95. The molecule has 0 aliphatic rings. The molecule has 0 atom stereocenters. The molecule has 1 aromatic heterocycles. The van der Waals surface area contributed by atoms with E-state index in [0.29, 0.717) is 5.56 Å². The first-order valence-corrected chi connectivity index (χ1v) is 8.09. The van der Waals surface area contributed by atoms with Gasteiger partial charge in [-0.05, 0) is 30.5 Å². The van der Waals surface area contributed by atoms with Crippen LogP contribution in [-0.2, 0) is 22.7 Å². The van der Waals surface area contributed by atoms with Crippen molar-refractivity contribution in [1.29, 1.82) is 0 Å². The van der Waals surface area contributed by atoms with E-state index < -0.39 is 23.8 Å². The highest BCUT2D eigenvalue weighted by Gasteiger charge is 2.16. The number of hydrogen-bond acceptors (Lipinski definition) is 4. The molecule has 8 heteroatoms. The molecule has 0 bridgehead atoms. The van der Waals surface area contributed by atoms with Crippen LogP contribution in [0.1, 0.15) is 18.1 Å². The molecular weight excluding hydrogens is 338 g/mol. The van der Waals surface area contributed by atoms with Crippen LogP contribution in [0.25, 0.3) is 11.1 Å². The van der Waals surface area contributed by atoms with Gasteiger partial charge in [0.05, 0.1) is 5.56 Å². The SMILES string of the molecule is CC(=O)NCCn1c(=O)c(-c2cccc(C)c2C)cn(CC(=O)O)c1=O. The average molecular weight is 359 g/mol. The minimum absolute atomic E-state index is 0.0461. The molecule has 8 nitrogen and oxygen atoms in total. The van der Waals surface area contributed by atoms with Crippen molar-refractivity contribution >= 4 is 11.9 Å². The van der Waals surface area contributed by atoms with Gasteiger partial charge in [-0.2, -0.15) is 0 Å². The summed E-state index contributed by atoms with van der Waals surface area (Å²) in [7, 11) is 0. The highest BCUT2D eigenvalue weighted by atomic mass is 16.4. The lowest BCUT2D eigenvalue weighted by atomic mass is 9.99. The smallest absolute Gasteiger partial charge is 0.331 e. The molecule has 2 aromatic rings. The van der Waals surface area contributed by atoms with E-state index >= 15 is 0 Å². The lowest BCUT2D eigenvalue weighted by Gasteiger charge is -2.14. The monoisotopic (exact) mass is 359 g/mol. The second kappa shape index (κ2) is 7.81. The zero-order valence-corrected chi connectivity index (χ0v) is 14.9. The number of carboxylic acids is 1. The number of hydrogen-bond donors (Lipinski definition) is 2. The largest absolute Gasteiger partial charge is 0.480 e. The molecule has 2 rings (SSSR count). The van der Waals surface area contributed by atoms with Crippen molar-refractivity contribution in [3.8, 4) is 11.1 Å². The summed E-state index contributed by atoms with van der Waals surface area (Å²) in [6.45, 7) is 4.58. The van der Waals surface area contributed by atoms with Crippen LogP contribution in [0.2, 0.25) is 0 Å². The van der Waals surface area contributed by atoms with Crippen LogP contribution in [-0.4, -0.2) is 32.7 Å². The van der Waals surface area contributed by atoms with E-state index in [2.05, 4.69) is 5.32 Å². The number of carbonyl (C=O) groups excluding carboxylic acids is 1. The fraction of sp³-hybridized carbons (Fsp3) is 0.333. The Labute approximate surface area is 149 Å². The van der Waals surface area contributed by atoms with Crippen LogP contribution in [0.3, 0.4) is 0 Å². The van der Waals surface area contributed by atoms with Crippen molar-refractivity contribution in [2.75, 3.05) is 6.54 Å². The van der Waals surface area contributed by atoms with Gasteiger partial charge in [0.25, 0.3) is 5.56 Å². The number of nitrogens with one attached hydrogen (secondary N) is 1. The zero-order chi connectivity index (χ0) is 19.4. The minimum atomic E-state index is -1.19. The predicted octanol–water partition coefficient (Wildman–Crippen LogP) is 0.515. The van der Waals surface area contributed by atoms with Crippen LogP contribution in [0.15, 0.2) is 34.0 Å². The highest BCUT2D eigenvalue weighted by Crippen LogP contribution is 2.22. The normalized spacial score (nSPS) is 10.6. The molecule has 1 heterocycles. The highest BCUT2D eigenvalue weighted by molar-refractivity contribution is 5.72. The van der Waals surface area contributed by atoms with Crippen molar-refractivity contribution in [3.63, 3.8) is 0 Å². The molecule has 0 aliphatic carbocycles. The fourth-order valence-corrected chi connectivity index (χ4v) is 2.68. The van der Waals surface area contributed by atoms with Gasteiger partial charge < -0.3 is 10.4 Å². The summed E-state index contributed by atoms with van der Waals surface area (Å²) in [6, 6.07) is 5.46. The number of aliphatic carboxylic acids is 1. The first-order valence-electron chi connectivity index (χ1n) is 8.09. The molecule has 138 valence electrons. The second-order valence-electron chi connectivity index (χ2n) is 6.03. The predicted molar refractivity (Wildman–Crippen MR) is 96.2 cm³/mol. The van der Waals surface area contributed by atoms with Crippen LogP contribution in [0.5, 0.6) is 0 Å². The van der Waals surface area contributed by atoms with Gasteiger partial charge in [0.15, 0.2) is 0 Å². The lowest BCUT2D eigenvalue weighted by Crippen LogP contribution is -2.43. The van der Waals surface area contributed by atoms with E-state index in [-0.39, 0.29) is 24.6 Å². The maximum Gasteiger partial charge on any atom is 0.331 e. The van der Waals surface area contributed by atoms with Crippen molar-refractivity contribution in [3.05, 3.63) is 56.4 Å². The number of carboxylic acid groups (broad SMARTS) is 1. The van der Waals surface area contributed by atoms with Crippen molar-refractivity contribution in [2.24, 2.45) is 0 Å². The molecule has 0 unspecified atom stereocenters. The number of carbonyl (C=O) groups is 2. The van der Waals surface area contributed by atoms with Gasteiger partial charge in [-0.15, -0.1) is 0 Å². The Kier molecular flexibility index (Phi) is 5.76. The van der Waals surface area contributed by atoms with E-state index in [1.807, 2.05) is 19.9 Å². The fourth-order valence-electron chi connectivity index (χ4n) is 2.68. The number of rotatable bonds is 6. The Morgan fingerprint density at radius 2 is 1.85 bits per heavy atom. The minimum Gasteiger partial charge on any atom is -0.480 e. The topological polar surface area (TPSA) is 110 Å². The zero-order valence-electron chi connectivity index (χ0n) is 14.9. The third-order valence-electron chi connectivity index (χ3n) is 4.15. The number of aryl methyl sites for hydroxylation is 1. The Bertz CT molecular complexity index is 972. The Balaban J connectivity index is 2.66. The van der Waals surface area contributed by atoms with E-state index in [0.717, 1.165) is 20.3 Å². The van der Waals surface area contributed by atoms with Crippen LogP contribution in [0.4, 0.5) is 0 Å². The molecule has 0 radical (unpaired) electrons. The van der Waals surface area contributed by atoms with Gasteiger partial charge in [-0.1, -0.05) is 18.2 Å². The van der Waals surface area contributed by atoms with Gasteiger partial charge in [0, 0.05) is 26.2 Å². The van der Waals surface area contributed by atoms with E-state index in [1.54, 1.807) is 12.1 Å². The summed E-state index contributed by atoms with van der Waals surface area (Å²) in [5.41, 5.74) is 1.49. The molecular formula is C18H21N3O5. The maximum atomic E-state index is 12.9. The Hall–Kier alpha value is -3.16. The lowest BCUT2D eigenvalue weighted by molar-refractivity contribution is -0.137. The summed E-state index contributed by atoms with van der Waals surface area (Å²) in [6.07, 6.45) is 1.29. The second-order valence-corrected chi connectivity index (χ2v) is 6.03. The number of benzene rings is 1. The molecule has 2 N–H and O–H groups in total. The Morgan fingerprint density at radius 3 is 2.46 bits per heavy atom. The summed E-state index contributed by atoms with van der Waals surface area (Å²) in [5.74, 6) is -1.47. The standard InChI is InChI=1S/C18H21N3O5/c1-11-5-4-6-14(12(11)2)15-9-20(10-16(23)24)18(26)21(17(15)25)8-7-19-13(3)22/h4-6,9H,7-8,10H2,1-3H3,(H,19,22)(H,23,24). The van der Waals surface area contributed by atoms with E-state index in [9.17, 15) is 19.2 Å². The van der Waals surface area contributed by atoms with Crippen molar-refractivity contribution in [1.82, 2.24) is 14.5 Å². The molecule has 0 saturated heterocycles. The molecule has 0 spiro atoms. The average Bonchev–Trinajstić information content (AvgIpc) is 2.55. The van der Waals surface area contributed by atoms with Gasteiger partial charge in [-0.3, -0.25) is 23.5 Å². The van der Waals surface area contributed by atoms with Crippen molar-refractivity contribution < 1.29 is 14.7 Å². The summed E-state index contributed by atoms with van der Waals surface area (Å²) in [5, 5.41) is 11.6. The number of nitrogens with zero attached hydrogens (tertiary/aromatic N) is 2. The van der Waals surface area contributed by atoms with Crippen molar-refractivity contribution in [2.45, 2.75) is 33.9 Å². The van der Waals surface area contributed by atoms with E-state index in [4.69, 9.17) is 5.11 Å². The number of amides is 1. The van der Waals surface area contributed by atoms with Crippen LogP contribution in [0, 0.1) is 13.8 Å². The third-order valence-corrected chi connectivity index (χ3v) is 4.15. The molecule has 0 aliphatic heterocycles. The molecule has 1 aromatic carbocycles. The maximum absolute atomic E-state index is 12.9. The summed E-state index contributed by atoms with van der Waals surface area (Å²) in [4.78, 5) is 47.5. The quantitative estimate of drug-likeness (QED) is 0.781. The molecule has 0 fully saturated rings. The van der Waals surface area contributed by atoms with Gasteiger partial charge in [-0.25, -0.2) is 4.79 Å². The first kappa shape index (κ1) is 19.2.